The van der Waals surface area contributed by atoms with Gasteiger partial charge in [0.05, 0.1) is 0 Å². The molecule has 11 heavy (non-hydrogen) atoms. The smallest absolute Gasteiger partial charge is 0.124 e. The molecule has 64 valence electrons. The topological polar surface area (TPSA) is 17.1 Å². The zero-order valence-corrected chi connectivity index (χ0v) is 7.90. The van der Waals surface area contributed by atoms with Crippen LogP contribution in [-0.4, -0.2) is 11.7 Å². The van der Waals surface area contributed by atoms with Gasteiger partial charge >= 0.3 is 0 Å². The zero-order valence-electron chi connectivity index (χ0n) is 7.14. The Morgan fingerprint density at radius 3 is 2.64 bits per heavy atom. The lowest BCUT2D eigenvalue weighted by atomic mass is 9.73. The van der Waals surface area contributed by atoms with Crippen LogP contribution in [0.4, 0.5) is 0 Å². The van der Waals surface area contributed by atoms with Gasteiger partial charge in [0.25, 0.3) is 0 Å². The largest absolute Gasteiger partial charge is 0.303 e. The van der Waals surface area contributed by atoms with Crippen LogP contribution in [0.5, 0.6) is 0 Å². The Labute approximate surface area is 73.1 Å². The third-order valence-electron chi connectivity index (χ3n) is 2.54. The Morgan fingerprint density at radius 2 is 2.18 bits per heavy atom. The monoisotopic (exact) mass is 174 g/mol. The summed E-state index contributed by atoms with van der Waals surface area (Å²) in [6.07, 6.45) is 4.06. The summed E-state index contributed by atoms with van der Waals surface area (Å²) in [5.41, 5.74) is 0.339. The summed E-state index contributed by atoms with van der Waals surface area (Å²) >= 11 is 6.04. The van der Waals surface area contributed by atoms with Crippen LogP contribution in [0.1, 0.15) is 33.1 Å². The van der Waals surface area contributed by atoms with Gasteiger partial charge in [-0.1, -0.05) is 13.8 Å². The van der Waals surface area contributed by atoms with Crippen molar-refractivity contribution in [3.63, 3.8) is 0 Å². The molecule has 0 amide bonds. The summed E-state index contributed by atoms with van der Waals surface area (Å²) < 4.78 is 0. The lowest BCUT2D eigenvalue weighted by Gasteiger charge is -2.35. The van der Waals surface area contributed by atoms with E-state index in [1.54, 1.807) is 0 Å². The minimum Gasteiger partial charge on any atom is -0.303 e. The van der Waals surface area contributed by atoms with Gasteiger partial charge in [-0.3, -0.25) is 0 Å². The van der Waals surface area contributed by atoms with Crippen molar-refractivity contribution >= 4 is 17.9 Å². The van der Waals surface area contributed by atoms with E-state index in [1.165, 1.54) is 0 Å². The third-order valence-corrected chi connectivity index (χ3v) is 3.02. The summed E-state index contributed by atoms with van der Waals surface area (Å²) in [4.78, 5) is 10.5. The molecule has 0 aliphatic heterocycles. The average molecular weight is 175 g/mol. The number of aldehydes is 1. The van der Waals surface area contributed by atoms with Gasteiger partial charge in [-0.25, -0.2) is 0 Å². The van der Waals surface area contributed by atoms with Crippen molar-refractivity contribution in [1.29, 1.82) is 0 Å². The zero-order chi connectivity index (χ0) is 8.48. The molecule has 2 atom stereocenters. The summed E-state index contributed by atoms with van der Waals surface area (Å²) in [5, 5.41) is 0.0660. The minimum absolute atomic E-state index is 0.0660. The number of hydrogen-bond donors (Lipinski definition) is 0. The first-order valence-corrected chi connectivity index (χ1v) is 4.58. The Hall–Kier alpha value is -0.0400. The number of halogens is 1. The normalized spacial score (nSPS) is 36.6. The summed E-state index contributed by atoms with van der Waals surface area (Å²) in [5.74, 6) is 0.102. The van der Waals surface area contributed by atoms with E-state index in [2.05, 4.69) is 13.8 Å². The van der Waals surface area contributed by atoms with Gasteiger partial charge in [0.2, 0.25) is 0 Å². The summed E-state index contributed by atoms with van der Waals surface area (Å²) in [6, 6.07) is 0. The number of hydrogen-bond acceptors (Lipinski definition) is 1. The van der Waals surface area contributed by atoms with Gasteiger partial charge < -0.3 is 4.79 Å². The quantitative estimate of drug-likeness (QED) is 0.441. The first kappa shape index (κ1) is 9.05. The fraction of sp³-hybridized carbons (Fsp3) is 0.889. The molecule has 0 bridgehead atoms. The first-order chi connectivity index (χ1) is 5.05. The van der Waals surface area contributed by atoms with E-state index in [0.29, 0.717) is 5.41 Å². The van der Waals surface area contributed by atoms with Crippen molar-refractivity contribution in [1.82, 2.24) is 0 Å². The summed E-state index contributed by atoms with van der Waals surface area (Å²) in [7, 11) is 0. The van der Waals surface area contributed by atoms with Crippen LogP contribution < -0.4 is 0 Å². The standard InChI is InChI=1S/C9H15ClO/c1-9(2)4-3-7(6-11)8(10)5-9/h6-8H,3-5H2,1-2H3. The van der Waals surface area contributed by atoms with Gasteiger partial charge in [0.1, 0.15) is 6.29 Å². The highest BCUT2D eigenvalue weighted by Gasteiger charge is 2.33. The summed E-state index contributed by atoms with van der Waals surface area (Å²) in [6.45, 7) is 4.42. The Balaban J connectivity index is 2.54. The average Bonchev–Trinajstić information content (AvgIpc) is 1.86. The Morgan fingerprint density at radius 1 is 1.55 bits per heavy atom. The molecule has 0 radical (unpaired) electrons. The van der Waals surface area contributed by atoms with Crippen molar-refractivity contribution in [3.05, 3.63) is 0 Å². The molecule has 1 fully saturated rings. The van der Waals surface area contributed by atoms with E-state index < -0.39 is 0 Å². The molecule has 1 nitrogen and oxygen atoms in total. The van der Waals surface area contributed by atoms with Crippen LogP contribution in [-0.2, 0) is 4.79 Å². The number of carbonyl (C=O) groups excluding carboxylic acids is 1. The van der Waals surface area contributed by atoms with Crippen molar-refractivity contribution in [2.24, 2.45) is 11.3 Å². The Bertz CT molecular complexity index is 154. The number of rotatable bonds is 1. The maximum Gasteiger partial charge on any atom is 0.124 e. The molecule has 0 aromatic carbocycles. The molecule has 0 N–H and O–H groups in total. The van der Waals surface area contributed by atoms with Gasteiger partial charge in [0, 0.05) is 11.3 Å². The van der Waals surface area contributed by atoms with E-state index in [1.807, 2.05) is 0 Å². The molecule has 2 heteroatoms. The third kappa shape index (κ3) is 2.19. The molecule has 0 heterocycles. The molecule has 1 saturated carbocycles. The second kappa shape index (κ2) is 3.14. The number of carbonyl (C=O) groups is 1. The van der Waals surface area contributed by atoms with Crippen molar-refractivity contribution in [2.45, 2.75) is 38.5 Å². The van der Waals surface area contributed by atoms with Gasteiger partial charge in [0.15, 0.2) is 0 Å². The second-order valence-electron chi connectivity index (χ2n) is 4.22. The van der Waals surface area contributed by atoms with Crippen molar-refractivity contribution in [3.8, 4) is 0 Å². The minimum atomic E-state index is 0.0660. The molecule has 0 spiro atoms. The van der Waals surface area contributed by atoms with Crippen molar-refractivity contribution < 1.29 is 4.79 Å². The molecule has 2 unspecified atom stereocenters. The molecular formula is C9H15ClO. The van der Waals surface area contributed by atoms with Crippen LogP contribution in [0.2, 0.25) is 0 Å². The molecular weight excluding hydrogens is 160 g/mol. The first-order valence-electron chi connectivity index (χ1n) is 4.14. The highest BCUT2D eigenvalue weighted by molar-refractivity contribution is 6.21. The van der Waals surface area contributed by atoms with E-state index in [9.17, 15) is 4.79 Å². The number of alkyl halides is 1. The van der Waals surface area contributed by atoms with Gasteiger partial charge in [-0.2, -0.15) is 0 Å². The van der Waals surface area contributed by atoms with E-state index in [-0.39, 0.29) is 11.3 Å². The maximum absolute atomic E-state index is 10.5. The highest BCUT2D eigenvalue weighted by Crippen LogP contribution is 2.39. The molecule has 1 aliphatic rings. The SMILES string of the molecule is CC1(C)CCC(C=O)C(Cl)C1. The maximum atomic E-state index is 10.5. The van der Waals surface area contributed by atoms with Crippen LogP contribution in [0.3, 0.4) is 0 Å². The Kier molecular flexibility index (Phi) is 2.58. The van der Waals surface area contributed by atoms with Crippen molar-refractivity contribution in [2.75, 3.05) is 0 Å². The lowest BCUT2D eigenvalue weighted by Crippen LogP contribution is -2.31. The van der Waals surface area contributed by atoms with Crippen LogP contribution >= 0.6 is 11.6 Å². The predicted molar refractivity (Wildman–Crippen MR) is 46.8 cm³/mol. The van der Waals surface area contributed by atoms with Gasteiger partial charge in [-0.15, -0.1) is 11.6 Å². The van der Waals surface area contributed by atoms with Crippen LogP contribution in [0.15, 0.2) is 0 Å². The van der Waals surface area contributed by atoms with Gasteiger partial charge in [-0.05, 0) is 24.7 Å². The molecule has 0 aromatic rings. The van der Waals surface area contributed by atoms with Crippen LogP contribution in [0.25, 0.3) is 0 Å². The second-order valence-corrected chi connectivity index (χ2v) is 4.78. The molecule has 1 rings (SSSR count). The van der Waals surface area contributed by atoms with Crippen LogP contribution in [0, 0.1) is 11.3 Å². The molecule has 0 saturated heterocycles. The highest BCUT2D eigenvalue weighted by atomic mass is 35.5. The fourth-order valence-corrected chi connectivity index (χ4v) is 2.28. The fourth-order valence-electron chi connectivity index (χ4n) is 1.67. The predicted octanol–water partition coefficient (Wildman–Crippen LogP) is 2.62. The van der Waals surface area contributed by atoms with E-state index in [4.69, 9.17) is 11.6 Å². The molecule has 0 aromatic heterocycles. The van der Waals surface area contributed by atoms with E-state index >= 15 is 0 Å². The van der Waals surface area contributed by atoms with E-state index in [0.717, 1.165) is 25.5 Å². The lowest BCUT2D eigenvalue weighted by molar-refractivity contribution is -0.112. The molecule has 1 aliphatic carbocycles.